The molecule has 120 valence electrons. The summed E-state index contributed by atoms with van der Waals surface area (Å²) < 4.78 is 11.5. The van der Waals surface area contributed by atoms with Crippen LogP contribution in [0.4, 0.5) is 0 Å². The van der Waals surface area contributed by atoms with Gasteiger partial charge in [-0.05, 0) is 31.4 Å². The Morgan fingerprint density at radius 1 is 1.41 bits per heavy atom. The predicted octanol–water partition coefficient (Wildman–Crippen LogP) is 2.07. The van der Waals surface area contributed by atoms with Gasteiger partial charge in [0.25, 0.3) is 0 Å². The van der Waals surface area contributed by atoms with E-state index in [1.54, 1.807) is 0 Å². The Labute approximate surface area is 132 Å². The molecule has 1 aliphatic carbocycles. The highest BCUT2D eigenvalue weighted by Crippen LogP contribution is 2.26. The predicted molar refractivity (Wildman–Crippen MR) is 87.1 cm³/mol. The summed E-state index contributed by atoms with van der Waals surface area (Å²) in [4.78, 5) is 6.60. The fourth-order valence-corrected chi connectivity index (χ4v) is 2.61. The molecule has 1 saturated carbocycles. The first-order chi connectivity index (χ1) is 10.6. The highest BCUT2D eigenvalue weighted by molar-refractivity contribution is 5.78. The average molecular weight is 303 g/mol. The van der Waals surface area contributed by atoms with Crippen LogP contribution in [0.25, 0.3) is 0 Å². The maximum absolute atomic E-state index is 6.09. The van der Waals surface area contributed by atoms with Crippen LogP contribution in [0.3, 0.4) is 0 Å². The number of nitrogens with two attached hydrogens (primary N) is 1. The van der Waals surface area contributed by atoms with Crippen LogP contribution < -0.4 is 10.5 Å². The lowest BCUT2D eigenvalue weighted by Gasteiger charge is -2.18. The quantitative estimate of drug-likeness (QED) is 0.668. The maximum atomic E-state index is 6.09. The minimum atomic E-state index is 0.149. The van der Waals surface area contributed by atoms with E-state index in [4.69, 9.17) is 15.2 Å². The number of rotatable bonds is 5. The SMILES string of the molecule is Cc1ccc(CN=C(N)N(C)C2CC2)c(OC2CCOC2)c1. The molecular formula is C17H25N3O2. The fraction of sp³-hybridized carbons (Fsp3) is 0.588. The van der Waals surface area contributed by atoms with E-state index in [0.717, 1.165) is 24.3 Å². The molecule has 0 radical (unpaired) electrons. The standard InChI is InChI=1S/C17H25N3O2/c1-12-3-4-13(10-19-17(18)20(2)14-5-6-14)16(9-12)22-15-7-8-21-11-15/h3-4,9,14-15H,5-8,10-11H2,1-2H3,(H2,18,19). The molecule has 2 aliphatic rings. The molecule has 3 rings (SSSR count). The lowest BCUT2D eigenvalue weighted by Crippen LogP contribution is -2.35. The number of aliphatic imine (C=N–C) groups is 1. The molecule has 1 saturated heterocycles. The van der Waals surface area contributed by atoms with E-state index in [2.05, 4.69) is 35.0 Å². The largest absolute Gasteiger partial charge is 0.488 e. The monoisotopic (exact) mass is 303 g/mol. The van der Waals surface area contributed by atoms with Gasteiger partial charge in [0.2, 0.25) is 0 Å². The van der Waals surface area contributed by atoms with E-state index < -0.39 is 0 Å². The average Bonchev–Trinajstić information content (AvgIpc) is 3.23. The first-order valence-electron chi connectivity index (χ1n) is 8.00. The number of aryl methyl sites for hydroxylation is 1. The Kier molecular flexibility index (Phi) is 4.52. The Bertz CT molecular complexity index is 549. The molecule has 22 heavy (non-hydrogen) atoms. The van der Waals surface area contributed by atoms with Crippen molar-refractivity contribution in [3.63, 3.8) is 0 Å². The van der Waals surface area contributed by atoms with Crippen molar-refractivity contribution in [1.82, 2.24) is 4.90 Å². The molecular weight excluding hydrogens is 278 g/mol. The molecule has 2 N–H and O–H groups in total. The fourth-order valence-electron chi connectivity index (χ4n) is 2.61. The van der Waals surface area contributed by atoms with Gasteiger partial charge in [0.1, 0.15) is 11.9 Å². The van der Waals surface area contributed by atoms with Gasteiger partial charge >= 0.3 is 0 Å². The van der Waals surface area contributed by atoms with Crippen molar-refractivity contribution in [2.45, 2.75) is 44.9 Å². The summed E-state index contributed by atoms with van der Waals surface area (Å²) in [7, 11) is 2.01. The van der Waals surface area contributed by atoms with Crippen LogP contribution in [0, 0.1) is 6.92 Å². The molecule has 1 heterocycles. The minimum Gasteiger partial charge on any atom is -0.488 e. The third-order valence-electron chi connectivity index (χ3n) is 4.27. The van der Waals surface area contributed by atoms with Crippen LogP contribution >= 0.6 is 0 Å². The van der Waals surface area contributed by atoms with Crippen LogP contribution in [0.15, 0.2) is 23.2 Å². The van der Waals surface area contributed by atoms with E-state index in [1.807, 2.05) is 7.05 Å². The van der Waals surface area contributed by atoms with Gasteiger partial charge in [-0.2, -0.15) is 0 Å². The van der Waals surface area contributed by atoms with Gasteiger partial charge in [-0.25, -0.2) is 4.99 Å². The topological polar surface area (TPSA) is 60.1 Å². The van der Waals surface area contributed by atoms with Gasteiger partial charge in [0, 0.05) is 25.1 Å². The van der Waals surface area contributed by atoms with Crippen molar-refractivity contribution in [3.8, 4) is 5.75 Å². The van der Waals surface area contributed by atoms with Crippen LogP contribution in [0.2, 0.25) is 0 Å². The lowest BCUT2D eigenvalue weighted by atomic mass is 10.1. The van der Waals surface area contributed by atoms with E-state index >= 15 is 0 Å². The lowest BCUT2D eigenvalue weighted by molar-refractivity contribution is 0.140. The molecule has 1 unspecified atom stereocenters. The van der Waals surface area contributed by atoms with Gasteiger partial charge in [-0.15, -0.1) is 0 Å². The zero-order valence-electron chi connectivity index (χ0n) is 13.4. The third-order valence-corrected chi connectivity index (χ3v) is 4.27. The molecule has 0 aromatic heterocycles. The Morgan fingerprint density at radius 3 is 2.91 bits per heavy atom. The highest BCUT2D eigenvalue weighted by atomic mass is 16.5. The Morgan fingerprint density at radius 2 is 2.23 bits per heavy atom. The summed E-state index contributed by atoms with van der Waals surface area (Å²) >= 11 is 0. The number of ether oxygens (including phenoxy) is 2. The molecule has 1 atom stereocenters. The second-order valence-electron chi connectivity index (χ2n) is 6.23. The summed E-state index contributed by atoms with van der Waals surface area (Å²) in [5.41, 5.74) is 8.32. The zero-order chi connectivity index (χ0) is 15.5. The smallest absolute Gasteiger partial charge is 0.191 e. The van der Waals surface area contributed by atoms with Crippen molar-refractivity contribution in [3.05, 3.63) is 29.3 Å². The Balaban J connectivity index is 1.70. The summed E-state index contributed by atoms with van der Waals surface area (Å²) in [5, 5.41) is 0. The van der Waals surface area contributed by atoms with E-state index in [1.165, 1.54) is 18.4 Å². The van der Waals surface area contributed by atoms with Gasteiger partial charge in [-0.3, -0.25) is 0 Å². The Hall–Kier alpha value is -1.75. The second kappa shape index (κ2) is 6.57. The molecule has 5 nitrogen and oxygen atoms in total. The summed E-state index contributed by atoms with van der Waals surface area (Å²) in [6.07, 6.45) is 3.53. The highest BCUT2D eigenvalue weighted by Gasteiger charge is 2.27. The first-order valence-corrected chi connectivity index (χ1v) is 8.00. The van der Waals surface area contributed by atoms with E-state index in [-0.39, 0.29) is 6.10 Å². The molecule has 5 heteroatoms. The van der Waals surface area contributed by atoms with E-state index in [9.17, 15) is 0 Å². The van der Waals surface area contributed by atoms with Gasteiger partial charge < -0.3 is 20.1 Å². The van der Waals surface area contributed by atoms with Crippen molar-refractivity contribution in [2.75, 3.05) is 20.3 Å². The number of benzene rings is 1. The van der Waals surface area contributed by atoms with Gasteiger partial charge in [-0.1, -0.05) is 12.1 Å². The molecule has 1 aromatic rings. The maximum Gasteiger partial charge on any atom is 0.191 e. The van der Waals surface area contributed by atoms with Gasteiger partial charge in [0.05, 0.1) is 19.8 Å². The zero-order valence-corrected chi connectivity index (χ0v) is 13.4. The number of hydrogen-bond donors (Lipinski definition) is 1. The van der Waals surface area contributed by atoms with Crippen molar-refractivity contribution in [1.29, 1.82) is 0 Å². The normalized spacial score (nSPS) is 21.9. The van der Waals surface area contributed by atoms with Crippen LogP contribution in [0.5, 0.6) is 5.75 Å². The van der Waals surface area contributed by atoms with Crippen LogP contribution in [0.1, 0.15) is 30.4 Å². The number of nitrogens with zero attached hydrogens (tertiary/aromatic N) is 2. The summed E-state index contributed by atoms with van der Waals surface area (Å²) in [6.45, 7) is 4.07. The van der Waals surface area contributed by atoms with Gasteiger partial charge in [0.15, 0.2) is 5.96 Å². The summed E-state index contributed by atoms with van der Waals surface area (Å²) in [5.74, 6) is 1.51. The molecule has 0 amide bonds. The van der Waals surface area contributed by atoms with Crippen molar-refractivity contribution in [2.24, 2.45) is 10.7 Å². The van der Waals surface area contributed by atoms with E-state index in [0.29, 0.717) is 25.2 Å². The summed E-state index contributed by atoms with van der Waals surface area (Å²) in [6, 6.07) is 6.82. The molecule has 0 spiro atoms. The second-order valence-corrected chi connectivity index (χ2v) is 6.23. The first kappa shape index (κ1) is 15.2. The molecule has 1 aliphatic heterocycles. The van der Waals surface area contributed by atoms with Crippen LogP contribution in [-0.4, -0.2) is 43.3 Å². The van der Waals surface area contributed by atoms with Crippen LogP contribution in [-0.2, 0) is 11.3 Å². The number of guanidine groups is 1. The molecule has 0 bridgehead atoms. The number of hydrogen-bond acceptors (Lipinski definition) is 3. The molecule has 1 aromatic carbocycles. The molecule has 2 fully saturated rings. The van der Waals surface area contributed by atoms with Crippen molar-refractivity contribution >= 4 is 5.96 Å². The minimum absolute atomic E-state index is 0.149. The third kappa shape index (κ3) is 3.71. The van der Waals surface area contributed by atoms with Crippen molar-refractivity contribution < 1.29 is 9.47 Å².